The number of nitrogens with zero attached hydrogens (tertiary/aromatic N) is 2. The summed E-state index contributed by atoms with van der Waals surface area (Å²) >= 11 is 0. The van der Waals surface area contributed by atoms with Crippen molar-refractivity contribution in [1.29, 1.82) is 0 Å². The second kappa shape index (κ2) is 2.73. The fourth-order valence-electron chi connectivity index (χ4n) is 2.28. The minimum absolute atomic E-state index is 0.361. The Kier molecular flexibility index (Phi) is 1.87. The monoisotopic (exact) mass is 157 g/mol. The maximum atomic E-state index is 8.90. The first-order valence-electron chi connectivity index (χ1n) is 4.53. The Morgan fingerprint density at radius 3 is 2.09 bits per heavy atom. The average Bonchev–Trinajstić information content (AvgIpc) is 2.07. The van der Waals surface area contributed by atoms with Crippen LogP contribution in [0.1, 0.15) is 0 Å². The molecule has 0 radical (unpaired) electrons. The van der Waals surface area contributed by atoms with Crippen molar-refractivity contribution < 1.29 is 9.59 Å². The number of quaternary nitrogens is 1. The lowest BCUT2D eigenvalue weighted by molar-refractivity contribution is -0.941. The van der Waals surface area contributed by atoms with Crippen molar-refractivity contribution in [3.8, 4) is 0 Å². The molecule has 3 fully saturated rings. The van der Waals surface area contributed by atoms with Crippen LogP contribution in [-0.2, 0) is 0 Å². The van der Waals surface area contributed by atoms with Crippen molar-refractivity contribution in [3.63, 3.8) is 0 Å². The Labute approximate surface area is 67.8 Å². The maximum absolute atomic E-state index is 8.90. The first-order valence-corrected chi connectivity index (χ1v) is 4.53. The van der Waals surface area contributed by atoms with E-state index < -0.39 is 0 Å². The molecule has 0 aromatic heterocycles. The van der Waals surface area contributed by atoms with Crippen LogP contribution in [0.25, 0.3) is 0 Å². The Morgan fingerprint density at radius 2 is 1.64 bits per heavy atom. The predicted molar refractivity (Wildman–Crippen MR) is 43.3 cm³/mol. The quantitative estimate of drug-likeness (QED) is 0.526. The van der Waals surface area contributed by atoms with Gasteiger partial charge in [-0.2, -0.15) is 0 Å². The molecule has 3 heteroatoms. The number of fused-ring (bicyclic) bond motifs is 3. The number of hydrogen-bond acceptors (Lipinski definition) is 2. The van der Waals surface area contributed by atoms with E-state index in [-0.39, 0.29) is 0 Å². The Bertz CT molecular complexity index is 121. The summed E-state index contributed by atoms with van der Waals surface area (Å²) in [6.45, 7) is 8.88. The van der Waals surface area contributed by atoms with Crippen LogP contribution in [0.4, 0.5) is 0 Å². The van der Waals surface area contributed by atoms with Crippen LogP contribution in [0, 0.1) is 0 Å². The van der Waals surface area contributed by atoms with Gasteiger partial charge in [0.1, 0.15) is 6.54 Å². The zero-order valence-electron chi connectivity index (χ0n) is 7.00. The predicted octanol–water partition coefficient (Wildman–Crippen LogP) is -0.875. The molecule has 0 amide bonds. The van der Waals surface area contributed by atoms with Gasteiger partial charge in [-0.15, -0.1) is 0 Å². The summed E-state index contributed by atoms with van der Waals surface area (Å²) in [5.74, 6) is 0. The van der Waals surface area contributed by atoms with E-state index in [0.29, 0.717) is 6.61 Å². The molecule has 0 saturated carbocycles. The minimum atomic E-state index is 0.361. The van der Waals surface area contributed by atoms with Gasteiger partial charge in [0, 0.05) is 19.6 Å². The lowest BCUT2D eigenvalue weighted by atomic mass is 10.1. The lowest BCUT2D eigenvalue weighted by Gasteiger charge is -2.50. The van der Waals surface area contributed by atoms with Crippen molar-refractivity contribution in [3.05, 3.63) is 0 Å². The highest BCUT2D eigenvalue weighted by atomic mass is 16.3. The molecule has 3 aliphatic rings. The van der Waals surface area contributed by atoms with E-state index in [1.54, 1.807) is 0 Å². The number of piperazine rings is 3. The summed E-state index contributed by atoms with van der Waals surface area (Å²) in [6, 6.07) is 0. The molecule has 1 N–H and O–H groups in total. The van der Waals surface area contributed by atoms with Crippen molar-refractivity contribution >= 4 is 0 Å². The van der Waals surface area contributed by atoms with E-state index in [1.165, 1.54) is 43.8 Å². The molecule has 3 heterocycles. The van der Waals surface area contributed by atoms with Gasteiger partial charge in [0.15, 0.2) is 0 Å². The van der Waals surface area contributed by atoms with E-state index in [2.05, 4.69) is 4.90 Å². The van der Waals surface area contributed by atoms with Crippen LogP contribution in [0.2, 0.25) is 0 Å². The first kappa shape index (κ1) is 7.53. The molecule has 0 aromatic rings. The molecule has 3 saturated heterocycles. The molecule has 64 valence electrons. The van der Waals surface area contributed by atoms with Gasteiger partial charge in [-0.3, -0.25) is 4.90 Å². The van der Waals surface area contributed by atoms with E-state index in [1.807, 2.05) is 0 Å². The zero-order chi connectivity index (χ0) is 7.73. The second-order valence-corrected chi connectivity index (χ2v) is 3.80. The molecule has 0 aliphatic carbocycles. The third kappa shape index (κ3) is 1.28. The largest absolute Gasteiger partial charge is 0.391 e. The van der Waals surface area contributed by atoms with E-state index in [0.717, 1.165) is 6.54 Å². The molecular formula is C8H17N2O+. The van der Waals surface area contributed by atoms with Crippen molar-refractivity contribution in [2.45, 2.75) is 0 Å². The van der Waals surface area contributed by atoms with Crippen LogP contribution in [0.5, 0.6) is 0 Å². The van der Waals surface area contributed by atoms with Crippen LogP contribution >= 0.6 is 0 Å². The standard InChI is InChI=1S/C8H17N2O/c11-8-7-10-4-1-9(2-5-10)3-6-10/h11H,1-8H2/q+1. The van der Waals surface area contributed by atoms with Gasteiger partial charge in [0.25, 0.3) is 0 Å². The van der Waals surface area contributed by atoms with E-state index >= 15 is 0 Å². The molecule has 0 atom stereocenters. The van der Waals surface area contributed by atoms with Crippen LogP contribution < -0.4 is 0 Å². The number of rotatable bonds is 2. The summed E-state index contributed by atoms with van der Waals surface area (Å²) in [6.07, 6.45) is 0. The number of hydrogen-bond donors (Lipinski definition) is 1. The summed E-state index contributed by atoms with van der Waals surface area (Å²) in [5.41, 5.74) is 0. The highest BCUT2D eigenvalue weighted by Crippen LogP contribution is 2.18. The van der Waals surface area contributed by atoms with Gasteiger partial charge in [-0.05, 0) is 0 Å². The smallest absolute Gasteiger partial charge is 0.102 e. The fourth-order valence-corrected chi connectivity index (χ4v) is 2.28. The molecule has 2 bridgehead atoms. The maximum Gasteiger partial charge on any atom is 0.102 e. The van der Waals surface area contributed by atoms with Gasteiger partial charge in [0.05, 0.1) is 26.2 Å². The highest BCUT2D eigenvalue weighted by Gasteiger charge is 2.37. The third-order valence-electron chi connectivity index (χ3n) is 3.25. The first-order chi connectivity index (χ1) is 5.35. The number of aliphatic hydroxyl groups is 1. The zero-order valence-corrected chi connectivity index (χ0v) is 7.00. The minimum Gasteiger partial charge on any atom is -0.391 e. The SMILES string of the molecule is OCC[N+]12CCN(CC1)CC2. The van der Waals surface area contributed by atoms with Gasteiger partial charge < -0.3 is 9.59 Å². The van der Waals surface area contributed by atoms with Crippen LogP contribution in [-0.4, -0.2) is 66.9 Å². The number of aliphatic hydroxyl groups excluding tert-OH is 1. The second-order valence-electron chi connectivity index (χ2n) is 3.80. The fraction of sp³-hybridized carbons (Fsp3) is 1.00. The molecule has 0 unspecified atom stereocenters. The summed E-state index contributed by atoms with van der Waals surface area (Å²) in [7, 11) is 0. The van der Waals surface area contributed by atoms with Crippen molar-refractivity contribution in [1.82, 2.24) is 4.90 Å². The molecule has 3 nitrogen and oxygen atoms in total. The Balaban J connectivity index is 2.00. The molecule has 3 aliphatic heterocycles. The molecule has 3 rings (SSSR count). The topological polar surface area (TPSA) is 23.5 Å². The molecule has 0 spiro atoms. The normalized spacial score (nSPS) is 42.8. The summed E-state index contributed by atoms with van der Waals surface area (Å²) < 4.78 is 1.19. The van der Waals surface area contributed by atoms with Crippen molar-refractivity contribution in [2.24, 2.45) is 0 Å². The molecular weight excluding hydrogens is 140 g/mol. The molecule has 11 heavy (non-hydrogen) atoms. The van der Waals surface area contributed by atoms with E-state index in [4.69, 9.17) is 5.11 Å². The van der Waals surface area contributed by atoms with E-state index in [9.17, 15) is 0 Å². The molecule has 0 aromatic carbocycles. The van der Waals surface area contributed by atoms with Gasteiger partial charge >= 0.3 is 0 Å². The van der Waals surface area contributed by atoms with Gasteiger partial charge in [-0.1, -0.05) is 0 Å². The average molecular weight is 157 g/mol. The highest BCUT2D eigenvalue weighted by molar-refractivity contribution is 4.70. The lowest BCUT2D eigenvalue weighted by Crippen LogP contribution is -2.67. The summed E-state index contributed by atoms with van der Waals surface area (Å²) in [4.78, 5) is 2.53. The third-order valence-corrected chi connectivity index (χ3v) is 3.25. The Hall–Kier alpha value is -0.120. The van der Waals surface area contributed by atoms with Crippen LogP contribution in [0.15, 0.2) is 0 Å². The van der Waals surface area contributed by atoms with Crippen molar-refractivity contribution in [2.75, 3.05) is 52.4 Å². The Morgan fingerprint density at radius 1 is 1.09 bits per heavy atom. The summed E-state index contributed by atoms with van der Waals surface area (Å²) in [5, 5.41) is 8.90. The van der Waals surface area contributed by atoms with Gasteiger partial charge in [0.2, 0.25) is 0 Å². The van der Waals surface area contributed by atoms with Gasteiger partial charge in [-0.25, -0.2) is 0 Å². The van der Waals surface area contributed by atoms with Crippen LogP contribution in [0.3, 0.4) is 0 Å².